The molecule has 1 N–H and O–H groups in total. The van der Waals surface area contributed by atoms with Crippen molar-refractivity contribution in [2.24, 2.45) is 0 Å². The van der Waals surface area contributed by atoms with E-state index in [1.807, 2.05) is 11.4 Å². The van der Waals surface area contributed by atoms with Gasteiger partial charge in [-0.25, -0.2) is 4.39 Å². The molecule has 1 unspecified atom stereocenters. The maximum atomic E-state index is 13.0. The lowest BCUT2D eigenvalue weighted by atomic mass is 10.2. The molecule has 4 heteroatoms. The van der Waals surface area contributed by atoms with Crippen molar-refractivity contribution < 1.29 is 9.13 Å². The average molecular weight is 251 g/mol. The summed E-state index contributed by atoms with van der Waals surface area (Å²) in [7, 11) is 1.54. The molecule has 0 spiro atoms. The highest BCUT2D eigenvalue weighted by atomic mass is 32.1. The summed E-state index contributed by atoms with van der Waals surface area (Å²) in [6, 6.07) is 8.75. The van der Waals surface area contributed by atoms with E-state index in [1.165, 1.54) is 24.1 Å². The zero-order valence-electron chi connectivity index (χ0n) is 9.74. The molecule has 0 aliphatic rings. The standard InChI is InChI=1S/C13H14FNOS/c1-9(13-4-3-7-17-13)15-11-6-5-10(14)8-12(11)16-2/h3-9,15H,1-2H3. The highest BCUT2D eigenvalue weighted by Crippen LogP contribution is 2.30. The number of rotatable bonds is 4. The largest absolute Gasteiger partial charge is 0.494 e. The summed E-state index contributed by atoms with van der Waals surface area (Å²) in [4.78, 5) is 1.23. The fourth-order valence-electron chi connectivity index (χ4n) is 1.63. The zero-order chi connectivity index (χ0) is 12.3. The first-order valence-corrected chi connectivity index (χ1v) is 6.22. The van der Waals surface area contributed by atoms with Crippen LogP contribution in [0.5, 0.6) is 5.75 Å². The van der Waals surface area contributed by atoms with Gasteiger partial charge in [0.15, 0.2) is 0 Å². The van der Waals surface area contributed by atoms with Crippen molar-refractivity contribution in [2.75, 3.05) is 12.4 Å². The number of benzene rings is 1. The van der Waals surface area contributed by atoms with E-state index in [1.54, 1.807) is 17.4 Å². The number of halogens is 1. The molecule has 0 saturated heterocycles. The number of anilines is 1. The number of thiophene rings is 1. The van der Waals surface area contributed by atoms with Crippen molar-refractivity contribution in [3.8, 4) is 5.75 Å². The van der Waals surface area contributed by atoms with Gasteiger partial charge >= 0.3 is 0 Å². The molecule has 0 aliphatic heterocycles. The SMILES string of the molecule is COc1cc(F)ccc1NC(C)c1cccs1. The van der Waals surface area contributed by atoms with Gasteiger partial charge in [-0.05, 0) is 30.5 Å². The van der Waals surface area contributed by atoms with E-state index in [0.717, 1.165) is 5.69 Å². The molecule has 1 heterocycles. The number of nitrogens with one attached hydrogen (secondary N) is 1. The van der Waals surface area contributed by atoms with Crippen LogP contribution in [0.3, 0.4) is 0 Å². The van der Waals surface area contributed by atoms with Gasteiger partial charge < -0.3 is 10.1 Å². The van der Waals surface area contributed by atoms with Crippen molar-refractivity contribution in [3.05, 3.63) is 46.4 Å². The first kappa shape index (κ1) is 11.9. The Morgan fingerprint density at radius 3 is 2.82 bits per heavy atom. The summed E-state index contributed by atoms with van der Waals surface area (Å²) in [6.07, 6.45) is 0. The highest BCUT2D eigenvalue weighted by molar-refractivity contribution is 7.10. The van der Waals surface area contributed by atoms with E-state index in [-0.39, 0.29) is 11.9 Å². The Hall–Kier alpha value is -1.55. The number of hydrogen-bond acceptors (Lipinski definition) is 3. The number of methoxy groups -OCH3 is 1. The van der Waals surface area contributed by atoms with Crippen LogP contribution in [0, 0.1) is 5.82 Å². The first-order chi connectivity index (χ1) is 8.20. The Labute approximate surface area is 104 Å². The van der Waals surface area contributed by atoms with Crippen LogP contribution >= 0.6 is 11.3 Å². The smallest absolute Gasteiger partial charge is 0.144 e. The van der Waals surface area contributed by atoms with Crippen LogP contribution in [0.15, 0.2) is 35.7 Å². The van der Waals surface area contributed by atoms with Gasteiger partial charge in [0, 0.05) is 10.9 Å². The van der Waals surface area contributed by atoms with E-state index in [0.29, 0.717) is 5.75 Å². The molecule has 2 rings (SSSR count). The minimum atomic E-state index is -0.295. The molecule has 0 saturated carbocycles. The second-order valence-corrected chi connectivity index (χ2v) is 4.71. The predicted octanol–water partition coefficient (Wildman–Crippen LogP) is 4.07. The molecule has 0 amide bonds. The Balaban J connectivity index is 2.18. The normalized spacial score (nSPS) is 12.2. The summed E-state index contributed by atoms with van der Waals surface area (Å²) >= 11 is 1.69. The minimum Gasteiger partial charge on any atom is -0.494 e. The van der Waals surface area contributed by atoms with Crippen LogP contribution in [0.25, 0.3) is 0 Å². The van der Waals surface area contributed by atoms with Crippen molar-refractivity contribution in [2.45, 2.75) is 13.0 Å². The molecule has 1 aromatic heterocycles. The van der Waals surface area contributed by atoms with E-state index >= 15 is 0 Å². The summed E-state index contributed by atoms with van der Waals surface area (Å²) in [6.45, 7) is 2.06. The summed E-state index contributed by atoms with van der Waals surface area (Å²) < 4.78 is 18.2. The second kappa shape index (κ2) is 5.19. The Kier molecular flexibility index (Phi) is 3.64. The number of ether oxygens (including phenoxy) is 1. The molecule has 2 aromatic rings. The minimum absolute atomic E-state index is 0.175. The average Bonchev–Trinajstić information content (AvgIpc) is 2.85. The predicted molar refractivity (Wildman–Crippen MR) is 69.3 cm³/mol. The highest BCUT2D eigenvalue weighted by Gasteiger charge is 2.10. The Morgan fingerprint density at radius 1 is 1.35 bits per heavy atom. The van der Waals surface area contributed by atoms with Gasteiger partial charge in [-0.3, -0.25) is 0 Å². The van der Waals surface area contributed by atoms with Crippen molar-refractivity contribution in [3.63, 3.8) is 0 Å². The molecular weight excluding hydrogens is 237 g/mol. The molecule has 1 aromatic carbocycles. The van der Waals surface area contributed by atoms with Gasteiger partial charge in [0.25, 0.3) is 0 Å². The number of hydrogen-bond donors (Lipinski definition) is 1. The van der Waals surface area contributed by atoms with Gasteiger partial charge in [-0.1, -0.05) is 6.07 Å². The van der Waals surface area contributed by atoms with E-state index < -0.39 is 0 Å². The fraction of sp³-hybridized carbons (Fsp3) is 0.231. The van der Waals surface area contributed by atoms with Crippen LogP contribution in [0.2, 0.25) is 0 Å². The van der Waals surface area contributed by atoms with Crippen LogP contribution in [0.1, 0.15) is 17.8 Å². The molecule has 17 heavy (non-hydrogen) atoms. The molecule has 1 atom stereocenters. The quantitative estimate of drug-likeness (QED) is 0.884. The monoisotopic (exact) mass is 251 g/mol. The van der Waals surface area contributed by atoms with Crippen molar-refractivity contribution in [1.82, 2.24) is 0 Å². The summed E-state index contributed by atoms with van der Waals surface area (Å²) in [5.41, 5.74) is 0.801. The third-order valence-corrected chi connectivity index (χ3v) is 3.56. The van der Waals surface area contributed by atoms with Crippen molar-refractivity contribution in [1.29, 1.82) is 0 Å². The van der Waals surface area contributed by atoms with Gasteiger partial charge in [-0.2, -0.15) is 0 Å². The third kappa shape index (κ3) is 2.77. The summed E-state index contributed by atoms with van der Waals surface area (Å²) in [5.74, 6) is 0.226. The molecule has 0 bridgehead atoms. The lowest BCUT2D eigenvalue weighted by Crippen LogP contribution is -2.06. The zero-order valence-corrected chi connectivity index (χ0v) is 10.6. The maximum absolute atomic E-state index is 13.0. The lowest BCUT2D eigenvalue weighted by molar-refractivity contribution is 0.412. The van der Waals surface area contributed by atoms with Gasteiger partial charge in [-0.15, -0.1) is 11.3 Å². The van der Waals surface area contributed by atoms with Crippen molar-refractivity contribution >= 4 is 17.0 Å². The first-order valence-electron chi connectivity index (χ1n) is 5.34. The van der Waals surface area contributed by atoms with E-state index in [4.69, 9.17) is 4.74 Å². The fourth-order valence-corrected chi connectivity index (χ4v) is 2.36. The molecule has 0 fully saturated rings. The van der Waals surface area contributed by atoms with Crippen LogP contribution < -0.4 is 10.1 Å². The lowest BCUT2D eigenvalue weighted by Gasteiger charge is -2.16. The van der Waals surface area contributed by atoms with Gasteiger partial charge in [0.05, 0.1) is 18.8 Å². The molecule has 0 aliphatic carbocycles. The van der Waals surface area contributed by atoms with Crippen LogP contribution in [-0.4, -0.2) is 7.11 Å². The van der Waals surface area contributed by atoms with Crippen LogP contribution in [0.4, 0.5) is 10.1 Å². The maximum Gasteiger partial charge on any atom is 0.144 e. The second-order valence-electron chi connectivity index (χ2n) is 3.73. The van der Waals surface area contributed by atoms with Crippen LogP contribution in [-0.2, 0) is 0 Å². The third-order valence-electron chi connectivity index (χ3n) is 2.51. The summed E-state index contributed by atoms with van der Waals surface area (Å²) in [5, 5.41) is 5.35. The molecule has 0 radical (unpaired) electrons. The van der Waals surface area contributed by atoms with Gasteiger partial charge in [0.1, 0.15) is 11.6 Å². The molecular formula is C13H14FNOS. The van der Waals surface area contributed by atoms with Gasteiger partial charge in [0.2, 0.25) is 0 Å². The van der Waals surface area contributed by atoms with E-state index in [2.05, 4.69) is 18.3 Å². The Bertz CT molecular complexity index is 484. The Morgan fingerprint density at radius 2 is 2.18 bits per heavy atom. The topological polar surface area (TPSA) is 21.3 Å². The van der Waals surface area contributed by atoms with E-state index in [9.17, 15) is 4.39 Å². The molecule has 2 nitrogen and oxygen atoms in total. The molecule has 90 valence electrons.